The third-order valence-electron chi connectivity index (χ3n) is 5.23. The highest BCUT2D eigenvalue weighted by atomic mass is 127. The lowest BCUT2D eigenvalue weighted by molar-refractivity contribution is 0.443. The van der Waals surface area contributed by atoms with Crippen molar-refractivity contribution < 1.29 is 13.2 Å². The highest BCUT2D eigenvalue weighted by molar-refractivity contribution is 14.1. The van der Waals surface area contributed by atoms with Crippen LogP contribution in [0.5, 0.6) is 0 Å². The van der Waals surface area contributed by atoms with Gasteiger partial charge in [-0.1, -0.05) is 18.2 Å². The van der Waals surface area contributed by atoms with Crippen molar-refractivity contribution in [1.29, 1.82) is 0 Å². The Kier molecular flexibility index (Phi) is 4.88. The summed E-state index contributed by atoms with van der Waals surface area (Å²) in [5.74, 6) is -0.789. The molecule has 3 aromatic heterocycles. The molecule has 0 aliphatic heterocycles. The smallest absolute Gasteiger partial charge is 0.203 e. The number of benzene rings is 2. The van der Waals surface area contributed by atoms with Crippen molar-refractivity contribution >= 4 is 50.4 Å². The number of aromatic nitrogens is 4. The molecule has 0 aliphatic rings. The van der Waals surface area contributed by atoms with Gasteiger partial charge in [0.05, 0.1) is 10.9 Å². The first-order chi connectivity index (χ1) is 15.4. The summed E-state index contributed by atoms with van der Waals surface area (Å²) in [7, 11) is 0. The predicted octanol–water partition coefficient (Wildman–Crippen LogP) is 4.67. The molecule has 32 heavy (non-hydrogen) atoms. The van der Waals surface area contributed by atoms with Gasteiger partial charge in [0.2, 0.25) is 5.43 Å². The van der Waals surface area contributed by atoms with Crippen LogP contribution in [0.15, 0.2) is 58.0 Å². The zero-order valence-electron chi connectivity index (χ0n) is 16.5. The first kappa shape index (κ1) is 20.5. The zero-order chi connectivity index (χ0) is 22.6. The van der Waals surface area contributed by atoms with E-state index < -0.39 is 23.1 Å². The van der Waals surface area contributed by atoms with Gasteiger partial charge in [0.1, 0.15) is 50.3 Å². The van der Waals surface area contributed by atoms with Crippen LogP contribution >= 0.6 is 22.6 Å². The molecule has 5 aromatic rings. The Labute approximate surface area is 193 Å². The molecular formula is C22H14F2IN5O2. The Morgan fingerprint density at radius 1 is 1.12 bits per heavy atom. The molecule has 0 fully saturated rings. The molecule has 0 saturated heterocycles. The summed E-state index contributed by atoms with van der Waals surface area (Å²) in [4.78, 5) is 21.7. The van der Waals surface area contributed by atoms with Crippen molar-refractivity contribution in [1.82, 2.24) is 19.7 Å². The molecular weight excluding hydrogens is 531 g/mol. The maximum atomic E-state index is 14.6. The molecule has 0 aliphatic carbocycles. The number of fused-ring (bicyclic) bond motifs is 2. The Morgan fingerprint density at radius 2 is 1.91 bits per heavy atom. The lowest BCUT2D eigenvalue weighted by Crippen LogP contribution is -2.17. The molecule has 7 nitrogen and oxygen atoms in total. The van der Waals surface area contributed by atoms with Gasteiger partial charge in [-0.3, -0.25) is 4.79 Å². The van der Waals surface area contributed by atoms with E-state index in [9.17, 15) is 13.6 Å². The van der Waals surface area contributed by atoms with E-state index in [1.165, 1.54) is 42.7 Å². The van der Waals surface area contributed by atoms with Crippen LogP contribution < -0.4 is 11.2 Å². The van der Waals surface area contributed by atoms with Gasteiger partial charge in [0.15, 0.2) is 5.65 Å². The summed E-state index contributed by atoms with van der Waals surface area (Å²) >= 11 is 2.02. The largest absolute Gasteiger partial charge is 0.458 e. The van der Waals surface area contributed by atoms with Gasteiger partial charge >= 0.3 is 0 Å². The fraction of sp³-hybridized carbons (Fsp3) is 0.0909. The molecule has 2 aromatic carbocycles. The van der Waals surface area contributed by atoms with Crippen LogP contribution in [0.4, 0.5) is 14.6 Å². The maximum Gasteiger partial charge on any atom is 0.203 e. The quantitative estimate of drug-likeness (QED) is 0.331. The summed E-state index contributed by atoms with van der Waals surface area (Å²) in [5.41, 5.74) is 6.24. The number of halogens is 3. The normalized spacial score (nSPS) is 12.5. The lowest BCUT2D eigenvalue weighted by Gasteiger charge is -2.17. The average Bonchev–Trinajstić information content (AvgIpc) is 3.10. The number of hydrogen-bond donors (Lipinski definition) is 1. The second kappa shape index (κ2) is 7.62. The van der Waals surface area contributed by atoms with Crippen molar-refractivity contribution in [3.05, 3.63) is 80.1 Å². The molecule has 160 valence electrons. The first-order valence-electron chi connectivity index (χ1n) is 9.52. The van der Waals surface area contributed by atoms with Crippen LogP contribution in [-0.2, 0) is 0 Å². The number of nitrogen functional groups attached to an aromatic ring is 1. The fourth-order valence-corrected chi connectivity index (χ4v) is 4.51. The van der Waals surface area contributed by atoms with Gasteiger partial charge in [0.25, 0.3) is 0 Å². The van der Waals surface area contributed by atoms with E-state index in [0.29, 0.717) is 14.7 Å². The van der Waals surface area contributed by atoms with E-state index in [2.05, 4.69) is 15.1 Å². The molecule has 0 radical (unpaired) electrons. The average molecular weight is 545 g/mol. The standard InChI is InChI=1S/C22H14F2IN5O2/c1-10(30-22-17(20(25)29-30)21(26)27-9-28-22)19-15(11-4-2-5-12(23)8-11)18(31)16-13(24)6-3-7-14(16)32-19/h2-10H,1H3,(H2,26,27,28). The SMILES string of the molecule is CC(c1oc2cccc(F)c2c(=O)c1-c1cccc(F)c1)n1nc(I)c2c(N)ncnc21. The molecule has 3 heterocycles. The summed E-state index contributed by atoms with van der Waals surface area (Å²) in [6, 6.07) is 9.01. The lowest BCUT2D eigenvalue weighted by atomic mass is 9.99. The molecule has 2 N–H and O–H groups in total. The third-order valence-corrected chi connectivity index (χ3v) is 5.99. The summed E-state index contributed by atoms with van der Waals surface area (Å²) in [5, 5.41) is 4.89. The van der Waals surface area contributed by atoms with Crippen LogP contribution in [-0.4, -0.2) is 19.7 Å². The van der Waals surface area contributed by atoms with Crippen molar-refractivity contribution in [3.8, 4) is 11.1 Å². The van der Waals surface area contributed by atoms with E-state index in [4.69, 9.17) is 10.2 Å². The second-order valence-electron chi connectivity index (χ2n) is 7.16. The van der Waals surface area contributed by atoms with Gasteiger partial charge in [-0.25, -0.2) is 23.4 Å². The zero-order valence-corrected chi connectivity index (χ0v) is 18.7. The Hall–Kier alpha value is -3.41. The van der Waals surface area contributed by atoms with Crippen LogP contribution in [0.1, 0.15) is 18.7 Å². The molecule has 5 rings (SSSR count). The van der Waals surface area contributed by atoms with Gasteiger partial charge < -0.3 is 10.2 Å². The minimum Gasteiger partial charge on any atom is -0.458 e. The van der Waals surface area contributed by atoms with Gasteiger partial charge in [0, 0.05) is 0 Å². The summed E-state index contributed by atoms with van der Waals surface area (Å²) in [6.45, 7) is 1.76. The van der Waals surface area contributed by atoms with Crippen LogP contribution in [0.2, 0.25) is 0 Å². The maximum absolute atomic E-state index is 14.6. The Balaban J connectivity index is 1.86. The van der Waals surface area contributed by atoms with Gasteiger partial charge in [-0.05, 0) is 59.3 Å². The highest BCUT2D eigenvalue weighted by Gasteiger charge is 2.27. The fourth-order valence-electron chi connectivity index (χ4n) is 3.76. The third kappa shape index (κ3) is 3.13. The molecule has 0 spiro atoms. The number of hydrogen-bond acceptors (Lipinski definition) is 6. The van der Waals surface area contributed by atoms with Crippen molar-refractivity contribution in [2.45, 2.75) is 13.0 Å². The van der Waals surface area contributed by atoms with Crippen LogP contribution in [0, 0.1) is 15.3 Å². The van der Waals surface area contributed by atoms with Gasteiger partial charge in [-0.15, -0.1) is 0 Å². The summed E-state index contributed by atoms with van der Waals surface area (Å²) in [6.07, 6.45) is 1.32. The molecule has 0 amide bonds. The first-order valence-corrected chi connectivity index (χ1v) is 10.6. The minimum absolute atomic E-state index is 0.0512. The Morgan fingerprint density at radius 3 is 2.69 bits per heavy atom. The molecule has 1 unspecified atom stereocenters. The topological polar surface area (TPSA) is 99.8 Å². The number of rotatable bonds is 3. The van der Waals surface area contributed by atoms with E-state index in [0.717, 1.165) is 0 Å². The van der Waals surface area contributed by atoms with Crippen molar-refractivity contribution in [3.63, 3.8) is 0 Å². The van der Waals surface area contributed by atoms with Crippen molar-refractivity contribution in [2.75, 3.05) is 5.73 Å². The number of nitrogens with two attached hydrogens (primary N) is 1. The van der Waals surface area contributed by atoms with E-state index in [-0.39, 0.29) is 33.7 Å². The van der Waals surface area contributed by atoms with Gasteiger partial charge in [-0.2, -0.15) is 5.10 Å². The second-order valence-corrected chi connectivity index (χ2v) is 8.18. The molecule has 0 saturated carbocycles. The van der Waals surface area contributed by atoms with Crippen molar-refractivity contribution in [2.24, 2.45) is 0 Å². The van der Waals surface area contributed by atoms with E-state index >= 15 is 0 Å². The molecule has 10 heteroatoms. The summed E-state index contributed by atoms with van der Waals surface area (Å²) < 4.78 is 36.8. The van der Waals surface area contributed by atoms with Crippen LogP contribution in [0.25, 0.3) is 33.1 Å². The molecule has 0 bridgehead atoms. The molecule has 1 atom stereocenters. The van der Waals surface area contributed by atoms with E-state index in [1.807, 2.05) is 22.6 Å². The van der Waals surface area contributed by atoms with E-state index in [1.54, 1.807) is 17.7 Å². The minimum atomic E-state index is -0.715. The Bertz CT molecular complexity index is 1580. The highest BCUT2D eigenvalue weighted by Crippen LogP contribution is 2.34. The predicted molar refractivity (Wildman–Crippen MR) is 124 cm³/mol. The van der Waals surface area contributed by atoms with Crippen LogP contribution in [0.3, 0.4) is 0 Å². The monoisotopic (exact) mass is 545 g/mol. The number of anilines is 1. The number of nitrogens with zero attached hydrogens (tertiary/aromatic N) is 4.